The zero-order valence-electron chi connectivity index (χ0n) is 6.56. The van der Waals surface area contributed by atoms with Gasteiger partial charge in [0, 0.05) is 43.8 Å². The van der Waals surface area contributed by atoms with E-state index in [4.69, 9.17) is 15.3 Å². The third-order valence-electron chi connectivity index (χ3n) is 0.914. The predicted octanol–water partition coefficient (Wildman–Crippen LogP) is -0.824. The molecule has 0 aromatic rings. The summed E-state index contributed by atoms with van der Waals surface area (Å²) in [6.07, 6.45) is -0.446. The summed E-state index contributed by atoms with van der Waals surface area (Å²) in [6.45, 7) is 0. The SMILES string of the molecule is O=C(O)C=C(CC(=O)O)C(=O)O.[Ca]. The molecule has 0 amide bonds. The van der Waals surface area contributed by atoms with Crippen molar-refractivity contribution in [1.82, 2.24) is 0 Å². The minimum atomic E-state index is -1.54. The van der Waals surface area contributed by atoms with E-state index in [0.717, 1.165) is 0 Å². The van der Waals surface area contributed by atoms with Crippen LogP contribution in [0.2, 0.25) is 0 Å². The Labute approximate surface area is 103 Å². The van der Waals surface area contributed by atoms with Gasteiger partial charge in [-0.05, 0) is 0 Å². The number of hydrogen-bond donors (Lipinski definition) is 3. The Kier molecular flexibility index (Phi) is 7.89. The van der Waals surface area contributed by atoms with Crippen molar-refractivity contribution >= 4 is 55.6 Å². The van der Waals surface area contributed by atoms with Crippen LogP contribution in [0.3, 0.4) is 0 Å². The Hall–Kier alpha value is -0.590. The van der Waals surface area contributed by atoms with Crippen LogP contribution in [0.5, 0.6) is 0 Å². The van der Waals surface area contributed by atoms with Crippen molar-refractivity contribution in [2.75, 3.05) is 0 Å². The summed E-state index contributed by atoms with van der Waals surface area (Å²) in [5, 5.41) is 24.5. The quantitative estimate of drug-likeness (QED) is 0.416. The second kappa shape index (κ2) is 6.88. The molecule has 0 aromatic carbocycles. The standard InChI is InChI=1S/C6H6O6.Ca/c7-4(8)1-3(6(11)12)2-5(9)10;/h1H,2H2,(H,7,8)(H,9,10)(H,11,12);. The van der Waals surface area contributed by atoms with E-state index in [9.17, 15) is 14.4 Å². The van der Waals surface area contributed by atoms with Crippen LogP contribution in [-0.2, 0) is 14.4 Å². The van der Waals surface area contributed by atoms with Crippen LogP contribution in [0.15, 0.2) is 11.6 Å². The fourth-order valence-corrected chi connectivity index (χ4v) is 0.500. The normalized spacial score (nSPS) is 10.0. The van der Waals surface area contributed by atoms with Gasteiger partial charge in [0.05, 0.1) is 12.0 Å². The fraction of sp³-hybridized carbons (Fsp3) is 0.167. The Morgan fingerprint density at radius 3 is 1.77 bits per heavy atom. The Morgan fingerprint density at radius 1 is 1.08 bits per heavy atom. The van der Waals surface area contributed by atoms with Crippen molar-refractivity contribution in [3.8, 4) is 0 Å². The van der Waals surface area contributed by atoms with E-state index >= 15 is 0 Å². The molecular weight excluding hydrogens is 208 g/mol. The maximum absolute atomic E-state index is 10.2. The van der Waals surface area contributed by atoms with Crippen molar-refractivity contribution in [3.63, 3.8) is 0 Å². The van der Waals surface area contributed by atoms with E-state index in [1.165, 1.54) is 0 Å². The van der Waals surface area contributed by atoms with Gasteiger partial charge in [-0.3, -0.25) is 4.79 Å². The average molecular weight is 214 g/mol. The summed E-state index contributed by atoms with van der Waals surface area (Å²) in [5.74, 6) is -4.40. The van der Waals surface area contributed by atoms with Gasteiger partial charge in [0.25, 0.3) is 0 Å². The maximum Gasteiger partial charge on any atom is 0.332 e. The molecule has 0 aliphatic carbocycles. The summed E-state index contributed by atoms with van der Waals surface area (Å²) >= 11 is 0. The molecule has 0 spiro atoms. The summed E-state index contributed by atoms with van der Waals surface area (Å²) < 4.78 is 0. The summed E-state index contributed by atoms with van der Waals surface area (Å²) in [5.41, 5.74) is -0.657. The number of aliphatic carboxylic acids is 3. The zero-order valence-corrected chi connectivity index (χ0v) is 8.77. The molecule has 68 valence electrons. The van der Waals surface area contributed by atoms with Gasteiger partial charge >= 0.3 is 17.9 Å². The first-order valence-corrected chi connectivity index (χ1v) is 2.82. The molecule has 3 N–H and O–H groups in total. The van der Waals surface area contributed by atoms with E-state index in [0.29, 0.717) is 6.08 Å². The van der Waals surface area contributed by atoms with Gasteiger partial charge in [-0.15, -0.1) is 0 Å². The minimum Gasteiger partial charge on any atom is -0.481 e. The van der Waals surface area contributed by atoms with Crippen molar-refractivity contribution < 1.29 is 29.7 Å². The van der Waals surface area contributed by atoms with Crippen LogP contribution in [0.25, 0.3) is 0 Å². The third kappa shape index (κ3) is 7.76. The maximum atomic E-state index is 10.2. The van der Waals surface area contributed by atoms with Crippen LogP contribution in [-0.4, -0.2) is 71.0 Å². The van der Waals surface area contributed by atoms with Gasteiger partial charge in [-0.1, -0.05) is 0 Å². The van der Waals surface area contributed by atoms with Gasteiger partial charge in [0.1, 0.15) is 0 Å². The van der Waals surface area contributed by atoms with Gasteiger partial charge in [0.2, 0.25) is 0 Å². The topological polar surface area (TPSA) is 112 Å². The molecule has 0 aliphatic heterocycles. The van der Waals surface area contributed by atoms with Gasteiger partial charge < -0.3 is 15.3 Å². The molecule has 6 nitrogen and oxygen atoms in total. The van der Waals surface area contributed by atoms with Gasteiger partial charge in [0.15, 0.2) is 0 Å². The molecule has 0 atom stereocenters. The number of carboxylic acid groups (broad SMARTS) is 3. The second-order valence-corrected chi connectivity index (χ2v) is 1.88. The number of carboxylic acids is 3. The first-order valence-electron chi connectivity index (χ1n) is 2.82. The predicted molar refractivity (Wildman–Crippen MR) is 41.4 cm³/mol. The molecule has 0 heterocycles. The second-order valence-electron chi connectivity index (χ2n) is 1.88. The summed E-state index contributed by atoms with van der Waals surface area (Å²) in [4.78, 5) is 30.1. The molecule has 0 saturated carbocycles. The summed E-state index contributed by atoms with van der Waals surface area (Å²) in [7, 11) is 0. The molecular formula is C6H6CaO6. The average Bonchev–Trinajstić information content (AvgIpc) is 1.83. The van der Waals surface area contributed by atoms with Crippen molar-refractivity contribution in [3.05, 3.63) is 11.6 Å². The zero-order chi connectivity index (χ0) is 9.72. The van der Waals surface area contributed by atoms with E-state index in [1.807, 2.05) is 0 Å². The molecule has 0 aromatic heterocycles. The Balaban J connectivity index is 0. The van der Waals surface area contributed by atoms with Crippen molar-refractivity contribution in [2.24, 2.45) is 0 Å². The molecule has 0 fully saturated rings. The monoisotopic (exact) mass is 214 g/mol. The van der Waals surface area contributed by atoms with E-state index in [1.54, 1.807) is 0 Å². The molecule has 2 radical (unpaired) electrons. The number of hydrogen-bond acceptors (Lipinski definition) is 3. The molecule has 0 rings (SSSR count). The fourth-order valence-electron chi connectivity index (χ4n) is 0.500. The molecule has 0 bridgehead atoms. The Morgan fingerprint density at radius 2 is 1.54 bits per heavy atom. The van der Waals surface area contributed by atoms with Crippen molar-refractivity contribution in [2.45, 2.75) is 6.42 Å². The van der Waals surface area contributed by atoms with Crippen molar-refractivity contribution in [1.29, 1.82) is 0 Å². The minimum absolute atomic E-state index is 0. The van der Waals surface area contributed by atoms with Crippen LogP contribution < -0.4 is 0 Å². The molecule has 0 aliphatic rings. The third-order valence-corrected chi connectivity index (χ3v) is 0.914. The first-order chi connectivity index (χ1) is 5.43. The molecule has 0 saturated heterocycles. The van der Waals surface area contributed by atoms with Crippen LogP contribution in [0.1, 0.15) is 6.42 Å². The van der Waals surface area contributed by atoms with Gasteiger partial charge in [-0.2, -0.15) is 0 Å². The van der Waals surface area contributed by atoms with E-state index in [-0.39, 0.29) is 37.7 Å². The number of carbonyl (C=O) groups is 3. The molecule has 0 unspecified atom stereocenters. The smallest absolute Gasteiger partial charge is 0.332 e. The first kappa shape index (κ1) is 14.9. The number of rotatable bonds is 4. The largest absolute Gasteiger partial charge is 0.481 e. The van der Waals surface area contributed by atoms with E-state index in [2.05, 4.69) is 0 Å². The van der Waals surface area contributed by atoms with Crippen LogP contribution in [0.4, 0.5) is 0 Å². The van der Waals surface area contributed by atoms with Crippen LogP contribution in [0, 0.1) is 0 Å². The molecule has 7 heteroatoms. The van der Waals surface area contributed by atoms with Crippen LogP contribution >= 0.6 is 0 Å². The summed E-state index contributed by atoms with van der Waals surface area (Å²) in [6, 6.07) is 0. The van der Waals surface area contributed by atoms with E-state index < -0.39 is 29.9 Å². The molecule has 13 heavy (non-hydrogen) atoms. The van der Waals surface area contributed by atoms with Gasteiger partial charge in [-0.25, -0.2) is 9.59 Å². The Bertz CT molecular complexity index is 256.